The van der Waals surface area contributed by atoms with Crippen LogP contribution in [0.5, 0.6) is 11.5 Å². The maximum absolute atomic E-state index is 12.0. The van der Waals surface area contributed by atoms with Crippen molar-refractivity contribution in [1.82, 2.24) is 0 Å². The molecule has 0 bridgehead atoms. The summed E-state index contributed by atoms with van der Waals surface area (Å²) in [5.74, 6) is 0.0261. The Bertz CT molecular complexity index is 646. The number of benzene rings is 2. The largest absolute Gasteiger partial charge is 0.506 e. The lowest BCUT2D eigenvalue weighted by molar-refractivity contribution is 0.0522. The minimum Gasteiger partial charge on any atom is -0.506 e. The maximum Gasteiger partial charge on any atom is 0.342 e. The molecule has 0 aliphatic heterocycles. The van der Waals surface area contributed by atoms with Crippen LogP contribution in [0.3, 0.4) is 0 Å². The van der Waals surface area contributed by atoms with Crippen molar-refractivity contribution in [1.29, 1.82) is 0 Å². The molecule has 0 aliphatic rings. The van der Waals surface area contributed by atoms with Gasteiger partial charge in [-0.15, -0.1) is 0 Å². The molecule has 4 heteroatoms. The van der Waals surface area contributed by atoms with Crippen LogP contribution in [0.4, 0.5) is 0 Å². The normalized spacial score (nSPS) is 10.6. The molecule has 2 aromatic rings. The van der Waals surface area contributed by atoms with Gasteiger partial charge in [0.15, 0.2) is 0 Å². The minimum absolute atomic E-state index is 0.0556. The van der Waals surface area contributed by atoms with Crippen LogP contribution in [-0.4, -0.2) is 24.3 Å². The third-order valence-electron chi connectivity index (χ3n) is 3.15. The summed E-state index contributed by atoms with van der Waals surface area (Å²) in [5.41, 5.74) is 0.774. The van der Waals surface area contributed by atoms with E-state index in [-0.39, 0.29) is 17.9 Å². The van der Waals surface area contributed by atoms with Crippen molar-refractivity contribution in [3.8, 4) is 11.5 Å². The molecule has 106 valence electrons. The highest BCUT2D eigenvalue weighted by Crippen LogP contribution is 2.40. The number of hydrogen-bond acceptors (Lipinski definition) is 4. The highest BCUT2D eigenvalue weighted by molar-refractivity contribution is 6.05. The summed E-state index contributed by atoms with van der Waals surface area (Å²) in [7, 11) is 0. The topological polar surface area (TPSA) is 55.8 Å². The molecule has 2 rings (SSSR count). The first-order valence-corrected chi connectivity index (χ1v) is 6.65. The van der Waals surface area contributed by atoms with E-state index in [9.17, 15) is 9.90 Å². The molecule has 0 fully saturated rings. The molecule has 0 aliphatic carbocycles. The smallest absolute Gasteiger partial charge is 0.342 e. The number of aromatic hydroxyl groups is 1. The van der Waals surface area contributed by atoms with Crippen LogP contribution in [0.15, 0.2) is 24.3 Å². The van der Waals surface area contributed by atoms with Crippen LogP contribution >= 0.6 is 0 Å². The molecule has 0 atom stereocenters. The van der Waals surface area contributed by atoms with Crippen molar-refractivity contribution in [2.75, 3.05) is 13.2 Å². The SMILES string of the molecule is CCOC(=O)c1c(C)c(OCC)c2ccccc2c1O. The zero-order valence-electron chi connectivity index (χ0n) is 11.9. The van der Waals surface area contributed by atoms with Gasteiger partial charge in [-0.05, 0) is 20.8 Å². The quantitative estimate of drug-likeness (QED) is 0.868. The third-order valence-corrected chi connectivity index (χ3v) is 3.15. The van der Waals surface area contributed by atoms with E-state index in [0.29, 0.717) is 23.3 Å². The zero-order chi connectivity index (χ0) is 14.7. The van der Waals surface area contributed by atoms with Gasteiger partial charge in [-0.3, -0.25) is 0 Å². The lowest BCUT2D eigenvalue weighted by atomic mass is 9.98. The highest BCUT2D eigenvalue weighted by Gasteiger charge is 2.23. The van der Waals surface area contributed by atoms with Crippen molar-refractivity contribution in [3.63, 3.8) is 0 Å². The predicted octanol–water partition coefficient (Wildman–Crippen LogP) is 3.43. The summed E-state index contributed by atoms with van der Waals surface area (Å²) in [6.45, 7) is 6.11. The van der Waals surface area contributed by atoms with Gasteiger partial charge in [0.2, 0.25) is 0 Å². The molecule has 20 heavy (non-hydrogen) atoms. The molecular formula is C16H18O4. The number of fused-ring (bicyclic) bond motifs is 1. The van der Waals surface area contributed by atoms with E-state index >= 15 is 0 Å². The van der Waals surface area contributed by atoms with Crippen LogP contribution in [0.1, 0.15) is 29.8 Å². The Hall–Kier alpha value is -2.23. The van der Waals surface area contributed by atoms with E-state index in [1.165, 1.54) is 0 Å². The Labute approximate surface area is 117 Å². The molecule has 0 amide bonds. The first-order valence-electron chi connectivity index (χ1n) is 6.65. The first-order chi connectivity index (χ1) is 9.61. The number of esters is 1. The van der Waals surface area contributed by atoms with Crippen LogP contribution in [0.2, 0.25) is 0 Å². The lowest BCUT2D eigenvalue weighted by Gasteiger charge is -2.16. The summed E-state index contributed by atoms with van der Waals surface area (Å²) >= 11 is 0. The van der Waals surface area contributed by atoms with E-state index < -0.39 is 5.97 Å². The Morgan fingerprint density at radius 1 is 1.15 bits per heavy atom. The molecule has 0 unspecified atom stereocenters. The van der Waals surface area contributed by atoms with Gasteiger partial charge in [-0.2, -0.15) is 0 Å². The number of phenols is 1. The van der Waals surface area contributed by atoms with E-state index in [1.54, 1.807) is 19.9 Å². The first kappa shape index (κ1) is 14.2. The predicted molar refractivity (Wildman–Crippen MR) is 77.5 cm³/mol. The second-order valence-electron chi connectivity index (χ2n) is 4.38. The fourth-order valence-corrected chi connectivity index (χ4v) is 2.30. The van der Waals surface area contributed by atoms with Crippen LogP contribution in [0.25, 0.3) is 10.8 Å². The second-order valence-corrected chi connectivity index (χ2v) is 4.38. The minimum atomic E-state index is -0.533. The fourth-order valence-electron chi connectivity index (χ4n) is 2.30. The summed E-state index contributed by atoms with van der Waals surface area (Å²) in [6, 6.07) is 7.30. The molecule has 2 aromatic carbocycles. The van der Waals surface area contributed by atoms with Gasteiger partial charge >= 0.3 is 5.97 Å². The lowest BCUT2D eigenvalue weighted by Crippen LogP contribution is -2.09. The molecule has 0 saturated heterocycles. The van der Waals surface area contributed by atoms with E-state index in [2.05, 4.69) is 0 Å². The fraction of sp³-hybridized carbons (Fsp3) is 0.312. The molecule has 0 heterocycles. The Morgan fingerprint density at radius 2 is 1.80 bits per heavy atom. The summed E-state index contributed by atoms with van der Waals surface area (Å²) < 4.78 is 10.7. The molecule has 1 N–H and O–H groups in total. The number of rotatable bonds is 4. The summed E-state index contributed by atoms with van der Waals surface area (Å²) in [5, 5.41) is 11.7. The average molecular weight is 274 g/mol. The Morgan fingerprint density at radius 3 is 2.40 bits per heavy atom. The molecule has 0 spiro atoms. The van der Waals surface area contributed by atoms with Gasteiger partial charge in [0.1, 0.15) is 17.1 Å². The number of hydrogen-bond donors (Lipinski definition) is 1. The maximum atomic E-state index is 12.0. The summed E-state index contributed by atoms with van der Waals surface area (Å²) in [6.07, 6.45) is 0. The van der Waals surface area contributed by atoms with Crippen molar-refractivity contribution < 1.29 is 19.4 Å². The number of carbonyl (C=O) groups excluding carboxylic acids is 1. The van der Waals surface area contributed by atoms with Gasteiger partial charge in [0.05, 0.1) is 13.2 Å². The van der Waals surface area contributed by atoms with Crippen LogP contribution in [0, 0.1) is 6.92 Å². The standard InChI is InChI=1S/C16H18O4/c1-4-19-15-10(3)13(16(18)20-5-2)14(17)11-8-6-7-9-12(11)15/h6-9,17H,4-5H2,1-3H3. The van der Waals surface area contributed by atoms with Gasteiger partial charge in [-0.1, -0.05) is 24.3 Å². The van der Waals surface area contributed by atoms with Crippen molar-refractivity contribution in [2.24, 2.45) is 0 Å². The molecule has 0 aromatic heterocycles. The van der Waals surface area contributed by atoms with Crippen LogP contribution in [-0.2, 0) is 4.74 Å². The Kier molecular flexibility index (Phi) is 4.13. The number of ether oxygens (including phenoxy) is 2. The number of carbonyl (C=O) groups is 1. The number of phenolic OH excluding ortho intramolecular Hbond substituents is 1. The Balaban J connectivity index is 2.78. The third kappa shape index (κ3) is 2.29. The van der Waals surface area contributed by atoms with Crippen LogP contribution < -0.4 is 4.74 Å². The van der Waals surface area contributed by atoms with Gasteiger partial charge < -0.3 is 14.6 Å². The van der Waals surface area contributed by atoms with Crippen molar-refractivity contribution in [3.05, 3.63) is 35.4 Å². The monoisotopic (exact) mass is 274 g/mol. The van der Waals surface area contributed by atoms with E-state index in [1.807, 2.05) is 25.1 Å². The zero-order valence-corrected chi connectivity index (χ0v) is 11.9. The summed E-state index contributed by atoms with van der Waals surface area (Å²) in [4.78, 5) is 12.0. The molecular weight excluding hydrogens is 256 g/mol. The molecule has 0 radical (unpaired) electrons. The second kappa shape index (κ2) is 5.82. The highest BCUT2D eigenvalue weighted by atomic mass is 16.5. The van der Waals surface area contributed by atoms with E-state index in [0.717, 1.165) is 5.39 Å². The van der Waals surface area contributed by atoms with Gasteiger partial charge in [-0.25, -0.2) is 4.79 Å². The molecule has 0 saturated carbocycles. The van der Waals surface area contributed by atoms with E-state index in [4.69, 9.17) is 9.47 Å². The average Bonchev–Trinajstić information content (AvgIpc) is 2.44. The van der Waals surface area contributed by atoms with Gasteiger partial charge in [0, 0.05) is 16.3 Å². The van der Waals surface area contributed by atoms with Gasteiger partial charge in [0.25, 0.3) is 0 Å². The van der Waals surface area contributed by atoms with Crippen molar-refractivity contribution in [2.45, 2.75) is 20.8 Å². The van der Waals surface area contributed by atoms with Crippen molar-refractivity contribution >= 4 is 16.7 Å². The molecule has 4 nitrogen and oxygen atoms in total.